The lowest BCUT2D eigenvalue weighted by atomic mass is 10.3. The zero-order chi connectivity index (χ0) is 11.7. The topological polar surface area (TPSA) is 38.9 Å². The highest BCUT2D eigenvalue weighted by molar-refractivity contribution is 7.99. The highest BCUT2D eigenvalue weighted by atomic mass is 35.5. The van der Waals surface area contributed by atoms with Crippen LogP contribution in [-0.2, 0) is 0 Å². The van der Waals surface area contributed by atoms with Gasteiger partial charge in [0, 0.05) is 0 Å². The molecule has 0 saturated carbocycles. The molecule has 0 atom stereocenters. The molecule has 0 aliphatic carbocycles. The van der Waals surface area contributed by atoms with Crippen molar-refractivity contribution in [2.24, 2.45) is 0 Å². The van der Waals surface area contributed by atoms with Gasteiger partial charge in [0.05, 0.1) is 0 Å². The molecule has 0 radical (unpaired) electrons. The van der Waals surface area contributed by atoms with Crippen molar-refractivity contribution in [2.75, 3.05) is 0 Å². The lowest BCUT2D eigenvalue weighted by molar-refractivity contribution is 0.489. The molecule has 84 valence electrons. The van der Waals surface area contributed by atoms with Gasteiger partial charge < -0.3 is 4.42 Å². The van der Waals surface area contributed by atoms with Crippen LogP contribution in [0.4, 0.5) is 0 Å². The Morgan fingerprint density at radius 2 is 1.88 bits per heavy atom. The van der Waals surface area contributed by atoms with Crippen molar-refractivity contribution in [2.45, 2.75) is 10.2 Å². The van der Waals surface area contributed by atoms with E-state index < -0.39 is 0 Å². The standard InChI is InChI=1S/C12H7ClN2OS/c13-10-6-3-7-11(15-10)17-12-14-8-4-1-2-5-9(8)16-12/h1-7H. The molecule has 0 aliphatic heterocycles. The van der Waals surface area contributed by atoms with Crippen LogP contribution < -0.4 is 0 Å². The van der Waals surface area contributed by atoms with Gasteiger partial charge in [0.25, 0.3) is 5.22 Å². The van der Waals surface area contributed by atoms with Crippen molar-refractivity contribution >= 4 is 34.5 Å². The highest BCUT2D eigenvalue weighted by Crippen LogP contribution is 2.28. The van der Waals surface area contributed by atoms with E-state index in [1.165, 1.54) is 11.8 Å². The second-order valence-corrected chi connectivity index (χ2v) is 4.71. The molecule has 0 fully saturated rings. The first kappa shape index (κ1) is 10.6. The average Bonchev–Trinajstić information content (AvgIpc) is 2.71. The van der Waals surface area contributed by atoms with Gasteiger partial charge >= 0.3 is 0 Å². The van der Waals surface area contributed by atoms with Gasteiger partial charge in [-0.25, -0.2) is 9.97 Å². The summed E-state index contributed by atoms with van der Waals surface area (Å²) in [6, 6.07) is 13.1. The van der Waals surface area contributed by atoms with E-state index in [0.717, 1.165) is 16.1 Å². The van der Waals surface area contributed by atoms with E-state index in [0.29, 0.717) is 10.4 Å². The zero-order valence-corrected chi connectivity index (χ0v) is 10.2. The van der Waals surface area contributed by atoms with Crippen LogP contribution in [0.3, 0.4) is 0 Å². The zero-order valence-electron chi connectivity index (χ0n) is 8.63. The van der Waals surface area contributed by atoms with Crippen LogP contribution in [0.5, 0.6) is 0 Å². The molecule has 0 unspecified atom stereocenters. The summed E-state index contributed by atoms with van der Waals surface area (Å²) in [6.45, 7) is 0. The quantitative estimate of drug-likeness (QED) is 0.654. The number of benzene rings is 1. The van der Waals surface area contributed by atoms with Crippen LogP contribution in [-0.4, -0.2) is 9.97 Å². The third-order valence-electron chi connectivity index (χ3n) is 2.16. The molecule has 0 spiro atoms. The van der Waals surface area contributed by atoms with Gasteiger partial charge in [-0.3, -0.25) is 0 Å². The summed E-state index contributed by atoms with van der Waals surface area (Å²) in [5.74, 6) is 0. The highest BCUT2D eigenvalue weighted by Gasteiger charge is 2.07. The molecule has 2 heterocycles. The molecule has 3 aromatic rings. The van der Waals surface area contributed by atoms with Crippen molar-refractivity contribution in [1.29, 1.82) is 0 Å². The summed E-state index contributed by atoms with van der Waals surface area (Å²) in [7, 11) is 0. The fourth-order valence-electron chi connectivity index (χ4n) is 1.43. The molecular formula is C12H7ClN2OS. The smallest absolute Gasteiger partial charge is 0.263 e. The van der Waals surface area contributed by atoms with Crippen molar-refractivity contribution in [3.63, 3.8) is 0 Å². The number of fused-ring (bicyclic) bond motifs is 1. The van der Waals surface area contributed by atoms with Gasteiger partial charge in [0.2, 0.25) is 0 Å². The van der Waals surface area contributed by atoms with Crippen molar-refractivity contribution in [1.82, 2.24) is 9.97 Å². The summed E-state index contributed by atoms with van der Waals surface area (Å²) in [5.41, 5.74) is 1.62. The third-order valence-corrected chi connectivity index (χ3v) is 3.15. The molecule has 0 amide bonds. The monoisotopic (exact) mass is 262 g/mol. The normalized spacial score (nSPS) is 10.9. The number of nitrogens with zero attached hydrogens (tertiary/aromatic N) is 2. The van der Waals surface area contributed by atoms with Gasteiger partial charge in [-0.1, -0.05) is 29.8 Å². The Labute approximate surface area is 107 Å². The number of pyridine rings is 1. The molecule has 0 aliphatic rings. The lowest BCUT2D eigenvalue weighted by Gasteiger charge is -1.95. The number of rotatable bonds is 2. The summed E-state index contributed by atoms with van der Waals surface area (Å²) >= 11 is 7.17. The Balaban J connectivity index is 1.94. The minimum Gasteiger partial charge on any atom is -0.431 e. The van der Waals surface area contributed by atoms with Crippen LogP contribution in [0, 0.1) is 0 Å². The largest absolute Gasteiger partial charge is 0.431 e. The summed E-state index contributed by atoms with van der Waals surface area (Å²) in [5, 5.41) is 1.80. The Kier molecular flexibility index (Phi) is 2.74. The first-order valence-electron chi connectivity index (χ1n) is 4.97. The fourth-order valence-corrected chi connectivity index (χ4v) is 2.39. The first-order chi connectivity index (χ1) is 8.31. The molecule has 0 saturated heterocycles. The molecule has 17 heavy (non-hydrogen) atoms. The van der Waals surface area contributed by atoms with Gasteiger partial charge in [-0.05, 0) is 36.0 Å². The lowest BCUT2D eigenvalue weighted by Crippen LogP contribution is -1.79. The van der Waals surface area contributed by atoms with Crippen LogP contribution >= 0.6 is 23.4 Å². The summed E-state index contributed by atoms with van der Waals surface area (Å²) in [4.78, 5) is 8.52. The van der Waals surface area contributed by atoms with E-state index >= 15 is 0 Å². The molecule has 0 N–H and O–H groups in total. The number of para-hydroxylation sites is 2. The molecule has 2 aromatic heterocycles. The predicted molar refractivity (Wildman–Crippen MR) is 67.4 cm³/mol. The van der Waals surface area contributed by atoms with Gasteiger partial charge in [0.1, 0.15) is 15.7 Å². The molecule has 0 bridgehead atoms. The Hall–Kier alpha value is -1.52. The van der Waals surface area contributed by atoms with Gasteiger partial charge in [-0.2, -0.15) is 0 Å². The van der Waals surface area contributed by atoms with Gasteiger partial charge in [0.15, 0.2) is 5.58 Å². The Morgan fingerprint density at radius 1 is 1.00 bits per heavy atom. The average molecular weight is 263 g/mol. The molecule has 3 nitrogen and oxygen atoms in total. The fraction of sp³-hybridized carbons (Fsp3) is 0. The van der Waals surface area contributed by atoms with Crippen molar-refractivity contribution in [3.8, 4) is 0 Å². The van der Waals surface area contributed by atoms with Crippen molar-refractivity contribution < 1.29 is 4.42 Å². The van der Waals surface area contributed by atoms with Crippen molar-refractivity contribution in [3.05, 3.63) is 47.6 Å². The van der Waals surface area contributed by atoms with Crippen LogP contribution in [0.15, 0.2) is 57.1 Å². The number of hydrogen-bond donors (Lipinski definition) is 0. The van der Waals surface area contributed by atoms with E-state index in [9.17, 15) is 0 Å². The number of oxazole rings is 1. The van der Waals surface area contributed by atoms with Crippen LogP contribution in [0.2, 0.25) is 5.15 Å². The Morgan fingerprint density at radius 3 is 2.71 bits per heavy atom. The SMILES string of the molecule is Clc1cccc(Sc2nc3ccccc3o2)n1. The maximum Gasteiger partial charge on any atom is 0.263 e. The maximum absolute atomic E-state index is 5.81. The summed E-state index contributed by atoms with van der Waals surface area (Å²) < 4.78 is 5.58. The van der Waals surface area contributed by atoms with E-state index in [2.05, 4.69) is 9.97 Å². The van der Waals surface area contributed by atoms with Crippen LogP contribution in [0.25, 0.3) is 11.1 Å². The first-order valence-corrected chi connectivity index (χ1v) is 6.17. The second kappa shape index (κ2) is 4.39. The molecular weight excluding hydrogens is 256 g/mol. The minimum atomic E-state index is 0.464. The molecule has 3 rings (SSSR count). The number of hydrogen-bond acceptors (Lipinski definition) is 4. The minimum absolute atomic E-state index is 0.464. The van der Waals surface area contributed by atoms with E-state index in [4.69, 9.17) is 16.0 Å². The second-order valence-electron chi connectivity index (χ2n) is 3.35. The molecule has 1 aromatic carbocycles. The molecule has 5 heteroatoms. The maximum atomic E-state index is 5.81. The number of halogens is 1. The third kappa shape index (κ3) is 2.28. The van der Waals surface area contributed by atoms with Crippen LogP contribution in [0.1, 0.15) is 0 Å². The number of aromatic nitrogens is 2. The van der Waals surface area contributed by atoms with Gasteiger partial charge in [-0.15, -0.1) is 0 Å². The summed E-state index contributed by atoms with van der Waals surface area (Å²) in [6.07, 6.45) is 0. The van der Waals surface area contributed by atoms with E-state index in [1.807, 2.05) is 36.4 Å². The predicted octanol–water partition coefficient (Wildman–Crippen LogP) is 4.03. The van der Waals surface area contributed by atoms with E-state index in [-0.39, 0.29) is 0 Å². The van der Waals surface area contributed by atoms with E-state index in [1.54, 1.807) is 6.07 Å². The Bertz CT molecular complexity index is 635.